The maximum Gasteiger partial charge on any atom is 0.0153 e. The van der Waals surface area contributed by atoms with Gasteiger partial charge in [0.25, 0.3) is 0 Å². The first-order valence-electron chi connectivity index (χ1n) is 8.09. The van der Waals surface area contributed by atoms with Gasteiger partial charge in [0, 0.05) is 4.90 Å². The summed E-state index contributed by atoms with van der Waals surface area (Å²) in [5.41, 5.74) is 4.08. The average Bonchev–Trinajstić information content (AvgIpc) is 2.36. The molecule has 0 aliphatic heterocycles. The van der Waals surface area contributed by atoms with Gasteiger partial charge in [0.2, 0.25) is 0 Å². The van der Waals surface area contributed by atoms with E-state index in [1.807, 2.05) is 25.6 Å². The molecule has 0 saturated heterocycles. The molecule has 0 aromatic heterocycles. The number of rotatable bonds is 3. The lowest BCUT2D eigenvalue weighted by molar-refractivity contribution is 0.737. The molecule has 0 amide bonds. The summed E-state index contributed by atoms with van der Waals surface area (Å²) >= 11 is 1.81. The van der Waals surface area contributed by atoms with E-state index in [1.54, 1.807) is 0 Å². The van der Waals surface area contributed by atoms with E-state index in [4.69, 9.17) is 0 Å². The Morgan fingerprint density at radius 2 is 1.38 bits per heavy atom. The zero-order valence-electron chi connectivity index (χ0n) is 15.9. The molecule has 21 heavy (non-hydrogen) atoms. The highest BCUT2D eigenvalue weighted by atomic mass is 32.2. The number of allylic oxidation sites excluding steroid dienone is 1. The smallest absolute Gasteiger partial charge is 0.0153 e. The first-order chi connectivity index (χ1) is 9.65. The predicted molar refractivity (Wildman–Crippen MR) is 102 cm³/mol. The molecule has 0 bridgehead atoms. The molecule has 0 aliphatic rings. The van der Waals surface area contributed by atoms with E-state index in [0.29, 0.717) is 5.92 Å². The molecule has 1 aromatic rings. The van der Waals surface area contributed by atoms with Crippen LogP contribution in [-0.4, -0.2) is 0 Å². The molecule has 0 N–H and O–H groups in total. The fraction of sp³-hybridized carbons (Fsp3) is 0.600. The minimum absolute atomic E-state index is 0.537. The number of benzene rings is 1. The van der Waals surface area contributed by atoms with Crippen LogP contribution >= 0.6 is 11.8 Å². The van der Waals surface area contributed by atoms with E-state index in [9.17, 15) is 0 Å². The van der Waals surface area contributed by atoms with Crippen LogP contribution in [0.25, 0.3) is 0 Å². The third kappa shape index (κ3) is 10.6. The zero-order valence-corrected chi connectivity index (χ0v) is 16.7. The Hall–Kier alpha value is -0.690. The van der Waals surface area contributed by atoms with Crippen molar-refractivity contribution < 1.29 is 0 Å². The number of aryl methyl sites for hydroxylation is 2. The zero-order chi connectivity index (χ0) is 17.2. The summed E-state index contributed by atoms with van der Waals surface area (Å²) in [4.78, 5) is 2.59. The molecule has 0 nitrogen and oxygen atoms in total. The van der Waals surface area contributed by atoms with Gasteiger partial charge in [-0.25, -0.2) is 0 Å². The molecule has 0 radical (unpaired) electrons. The van der Waals surface area contributed by atoms with Gasteiger partial charge in [-0.15, -0.1) is 0 Å². The third-order valence-electron chi connectivity index (χ3n) is 2.65. The molecular formula is C20H36S. The predicted octanol–water partition coefficient (Wildman–Crippen LogP) is 7.56. The minimum Gasteiger partial charge on any atom is -0.0946 e. The Morgan fingerprint density at radius 1 is 0.952 bits per heavy atom. The molecule has 1 aromatic carbocycles. The fourth-order valence-electron chi connectivity index (χ4n) is 1.37. The summed E-state index contributed by atoms with van der Waals surface area (Å²) in [7, 11) is 0. The van der Waals surface area contributed by atoms with Crippen molar-refractivity contribution >= 4 is 11.8 Å². The molecule has 0 fully saturated rings. The van der Waals surface area contributed by atoms with Crippen molar-refractivity contribution in [2.75, 3.05) is 0 Å². The van der Waals surface area contributed by atoms with Crippen molar-refractivity contribution in [1.29, 1.82) is 0 Å². The van der Waals surface area contributed by atoms with Crippen molar-refractivity contribution in [1.82, 2.24) is 0 Å². The minimum atomic E-state index is 0.537. The standard InChI is InChI=1S/C14H20S.C4H10.C2H6/c1-9(2)13(6)15-14-8-10(3)7-11(4)12(14)5;1-4(2)3;1-2/h7-9H,6H2,1-5H3;4H,1-3H3;1-2H3. The molecule has 0 aliphatic carbocycles. The molecule has 0 spiro atoms. The Morgan fingerprint density at radius 3 is 1.76 bits per heavy atom. The Kier molecular flexibility index (Phi) is 12.8. The van der Waals surface area contributed by atoms with Gasteiger partial charge in [0.15, 0.2) is 0 Å². The van der Waals surface area contributed by atoms with Gasteiger partial charge >= 0.3 is 0 Å². The van der Waals surface area contributed by atoms with Gasteiger partial charge in [-0.1, -0.05) is 72.9 Å². The Labute approximate surface area is 138 Å². The highest BCUT2D eigenvalue weighted by molar-refractivity contribution is 8.03. The molecule has 0 saturated carbocycles. The highest BCUT2D eigenvalue weighted by Crippen LogP contribution is 2.34. The lowest BCUT2D eigenvalue weighted by Crippen LogP contribution is -1.91. The summed E-state index contributed by atoms with van der Waals surface area (Å²) in [6.45, 7) is 25.5. The molecule has 122 valence electrons. The van der Waals surface area contributed by atoms with E-state index < -0.39 is 0 Å². The molecule has 0 heterocycles. The summed E-state index contributed by atoms with van der Waals surface area (Å²) in [5, 5.41) is 0. The van der Waals surface area contributed by atoms with Gasteiger partial charge in [-0.05, 0) is 60.3 Å². The van der Waals surface area contributed by atoms with Gasteiger partial charge in [-0.3, -0.25) is 0 Å². The van der Waals surface area contributed by atoms with Crippen molar-refractivity contribution in [2.24, 2.45) is 11.8 Å². The quantitative estimate of drug-likeness (QED) is 0.519. The maximum atomic E-state index is 4.11. The van der Waals surface area contributed by atoms with Crippen LogP contribution in [0.5, 0.6) is 0 Å². The van der Waals surface area contributed by atoms with E-state index in [2.05, 4.69) is 74.1 Å². The number of hydrogen-bond acceptors (Lipinski definition) is 1. The first-order valence-corrected chi connectivity index (χ1v) is 8.91. The first kappa shape index (κ1) is 22.6. The summed E-state index contributed by atoms with van der Waals surface area (Å²) in [5.74, 6) is 1.37. The second kappa shape index (κ2) is 11.9. The normalized spacial score (nSPS) is 9.71. The lowest BCUT2D eigenvalue weighted by Gasteiger charge is -2.13. The summed E-state index contributed by atoms with van der Waals surface area (Å²) < 4.78 is 0. The molecule has 1 heteroatoms. The van der Waals surface area contributed by atoms with E-state index in [1.165, 1.54) is 26.5 Å². The molecular weight excluding hydrogens is 272 g/mol. The van der Waals surface area contributed by atoms with E-state index in [-0.39, 0.29) is 0 Å². The van der Waals surface area contributed by atoms with E-state index in [0.717, 1.165) is 5.92 Å². The van der Waals surface area contributed by atoms with Crippen molar-refractivity contribution in [3.63, 3.8) is 0 Å². The van der Waals surface area contributed by atoms with Crippen LogP contribution < -0.4 is 0 Å². The van der Waals surface area contributed by atoms with Crippen molar-refractivity contribution in [3.05, 3.63) is 40.3 Å². The van der Waals surface area contributed by atoms with Gasteiger partial charge < -0.3 is 0 Å². The van der Waals surface area contributed by atoms with Crippen molar-refractivity contribution in [2.45, 2.75) is 74.1 Å². The van der Waals surface area contributed by atoms with E-state index >= 15 is 0 Å². The molecule has 0 unspecified atom stereocenters. The fourth-order valence-corrected chi connectivity index (χ4v) is 2.44. The second-order valence-electron chi connectivity index (χ2n) is 6.16. The Bertz CT molecular complexity index is 411. The maximum absolute atomic E-state index is 4.11. The monoisotopic (exact) mass is 308 g/mol. The van der Waals surface area contributed by atoms with Gasteiger partial charge in [-0.2, -0.15) is 0 Å². The summed E-state index contributed by atoms with van der Waals surface area (Å²) in [6, 6.07) is 4.48. The molecule has 0 atom stereocenters. The summed E-state index contributed by atoms with van der Waals surface area (Å²) in [6.07, 6.45) is 0. The number of hydrogen-bond donors (Lipinski definition) is 0. The van der Waals surface area contributed by atoms with Crippen LogP contribution in [0, 0.1) is 32.6 Å². The van der Waals surface area contributed by atoms with Gasteiger partial charge in [0.1, 0.15) is 0 Å². The number of thioether (sulfide) groups is 1. The topological polar surface area (TPSA) is 0 Å². The van der Waals surface area contributed by atoms with Crippen LogP contribution in [0.1, 0.15) is 65.2 Å². The second-order valence-corrected chi connectivity index (χ2v) is 7.33. The third-order valence-corrected chi connectivity index (χ3v) is 4.03. The van der Waals surface area contributed by atoms with Crippen LogP contribution in [0.2, 0.25) is 0 Å². The molecule has 1 rings (SSSR count). The highest BCUT2D eigenvalue weighted by Gasteiger charge is 2.07. The Balaban J connectivity index is 0. The van der Waals surface area contributed by atoms with Crippen LogP contribution in [-0.2, 0) is 0 Å². The lowest BCUT2D eigenvalue weighted by atomic mass is 10.1. The SMILES string of the molecule is C=C(Sc1cc(C)cc(C)c1C)C(C)C.CC.CC(C)C. The largest absolute Gasteiger partial charge is 0.0946 e. The van der Waals surface area contributed by atoms with Crippen LogP contribution in [0.4, 0.5) is 0 Å². The average molecular weight is 309 g/mol. The van der Waals surface area contributed by atoms with Crippen molar-refractivity contribution in [3.8, 4) is 0 Å². The van der Waals surface area contributed by atoms with Crippen LogP contribution in [0.15, 0.2) is 28.5 Å². The van der Waals surface area contributed by atoms with Gasteiger partial charge in [0.05, 0.1) is 0 Å². The van der Waals surface area contributed by atoms with Crippen LogP contribution in [0.3, 0.4) is 0 Å².